The van der Waals surface area contributed by atoms with Crippen molar-refractivity contribution < 1.29 is 24.5 Å². The van der Waals surface area contributed by atoms with E-state index in [1.54, 1.807) is 11.0 Å². The molecule has 7 nitrogen and oxygen atoms in total. The third-order valence-corrected chi connectivity index (χ3v) is 7.13. The normalized spacial score (nSPS) is 22.0. The summed E-state index contributed by atoms with van der Waals surface area (Å²) in [5, 5.41) is 23.2. The number of aliphatic hydroxyl groups is 2. The van der Waals surface area contributed by atoms with Crippen LogP contribution in [0.3, 0.4) is 0 Å². The molecule has 0 radical (unpaired) electrons. The predicted octanol–water partition coefficient (Wildman–Crippen LogP) is 3.19. The van der Waals surface area contributed by atoms with Crippen molar-refractivity contribution in [2.45, 2.75) is 63.2 Å². The molecule has 1 fully saturated rings. The fourth-order valence-electron chi connectivity index (χ4n) is 4.18. The number of amides is 2. The summed E-state index contributed by atoms with van der Waals surface area (Å²) in [5.74, 6) is 0.747. The zero-order chi connectivity index (χ0) is 24.5. The third-order valence-electron chi connectivity index (χ3n) is 6.24. The average Bonchev–Trinajstić information content (AvgIpc) is 3.65. The van der Waals surface area contributed by atoms with E-state index in [1.807, 2.05) is 30.3 Å². The Bertz CT molecular complexity index is 886. The second-order valence-corrected chi connectivity index (χ2v) is 10.1. The smallest absolute Gasteiger partial charge is 0.247 e. The number of hydrogen-bond donors (Lipinski definition) is 3. The van der Waals surface area contributed by atoms with Crippen LogP contribution in [0, 0.1) is 9.49 Å². The molecule has 0 spiro atoms. The van der Waals surface area contributed by atoms with Gasteiger partial charge in [-0.3, -0.25) is 9.59 Å². The highest BCUT2D eigenvalue weighted by Gasteiger charge is 2.42. The van der Waals surface area contributed by atoms with Gasteiger partial charge < -0.3 is 25.2 Å². The molecule has 3 atom stereocenters. The van der Waals surface area contributed by atoms with Crippen LogP contribution in [0.2, 0.25) is 0 Å². The highest BCUT2D eigenvalue weighted by molar-refractivity contribution is 14.1. The van der Waals surface area contributed by atoms with Crippen LogP contribution in [0.1, 0.15) is 44.9 Å². The van der Waals surface area contributed by atoms with Crippen LogP contribution >= 0.6 is 22.6 Å². The maximum atomic E-state index is 13.3. The van der Waals surface area contributed by atoms with Gasteiger partial charge in [-0.15, -0.1) is 6.58 Å². The summed E-state index contributed by atoms with van der Waals surface area (Å²) in [6.07, 6.45) is 7.08. The number of carbonyl (C=O) groups excluding carboxylic acids is 2. The number of hydrogen-bond acceptors (Lipinski definition) is 5. The van der Waals surface area contributed by atoms with E-state index in [9.17, 15) is 14.7 Å². The van der Waals surface area contributed by atoms with Crippen LogP contribution in [-0.4, -0.2) is 64.9 Å². The van der Waals surface area contributed by atoms with Gasteiger partial charge in [0.05, 0.1) is 16.2 Å². The molecule has 2 aliphatic rings. The minimum absolute atomic E-state index is 0.00469. The van der Waals surface area contributed by atoms with Crippen molar-refractivity contribution in [2.75, 3.05) is 19.7 Å². The number of carbonyl (C=O) groups is 2. The second kappa shape index (κ2) is 13.3. The molecular formula is C26H35IN2O5. The fraction of sp³-hybridized carbons (Fsp3) is 0.538. The number of aliphatic hydroxyl groups excluding tert-OH is 2. The average molecular weight is 582 g/mol. The van der Waals surface area contributed by atoms with Gasteiger partial charge in [-0.05, 0) is 78.8 Å². The fourth-order valence-corrected chi connectivity index (χ4v) is 4.69. The maximum absolute atomic E-state index is 13.3. The molecule has 186 valence electrons. The van der Waals surface area contributed by atoms with Crippen LogP contribution in [-0.2, 0) is 9.59 Å². The molecule has 0 heterocycles. The van der Waals surface area contributed by atoms with Crippen molar-refractivity contribution >= 4 is 34.4 Å². The molecule has 0 aromatic heterocycles. The van der Waals surface area contributed by atoms with Gasteiger partial charge >= 0.3 is 0 Å². The van der Waals surface area contributed by atoms with Crippen LogP contribution in [0.25, 0.3) is 0 Å². The van der Waals surface area contributed by atoms with E-state index in [0.29, 0.717) is 30.2 Å². The van der Waals surface area contributed by atoms with E-state index in [4.69, 9.17) is 9.84 Å². The number of rotatable bonds is 13. The molecule has 3 rings (SSSR count). The van der Waals surface area contributed by atoms with Gasteiger partial charge in [-0.2, -0.15) is 0 Å². The van der Waals surface area contributed by atoms with E-state index >= 15 is 0 Å². The Morgan fingerprint density at radius 1 is 1.26 bits per heavy atom. The minimum Gasteiger partial charge on any atom is -0.482 e. The molecular weight excluding hydrogens is 547 g/mol. The molecule has 1 aromatic rings. The number of halogens is 1. The van der Waals surface area contributed by atoms with Crippen molar-refractivity contribution in [3.8, 4) is 5.75 Å². The lowest BCUT2D eigenvalue weighted by Crippen LogP contribution is -2.55. The van der Waals surface area contributed by atoms with Crippen LogP contribution in [0.4, 0.5) is 0 Å². The van der Waals surface area contributed by atoms with Crippen molar-refractivity contribution in [1.82, 2.24) is 10.2 Å². The van der Waals surface area contributed by atoms with E-state index in [1.165, 1.54) is 0 Å². The maximum Gasteiger partial charge on any atom is 0.247 e. The molecule has 2 aliphatic carbocycles. The number of ether oxygens (including phenoxy) is 1. The highest BCUT2D eigenvalue weighted by Crippen LogP contribution is 2.34. The van der Waals surface area contributed by atoms with Crippen LogP contribution < -0.4 is 10.1 Å². The van der Waals surface area contributed by atoms with Gasteiger partial charge in [-0.25, -0.2) is 0 Å². The molecule has 2 amide bonds. The Morgan fingerprint density at radius 2 is 2.03 bits per heavy atom. The van der Waals surface area contributed by atoms with Gasteiger partial charge in [0.2, 0.25) is 11.8 Å². The third kappa shape index (κ3) is 7.55. The first-order chi connectivity index (χ1) is 16.4. The summed E-state index contributed by atoms with van der Waals surface area (Å²) in [7, 11) is 0. The summed E-state index contributed by atoms with van der Waals surface area (Å²) < 4.78 is 7.06. The Morgan fingerprint density at radius 3 is 2.71 bits per heavy atom. The Labute approximate surface area is 215 Å². The van der Waals surface area contributed by atoms with Gasteiger partial charge in [0.15, 0.2) is 0 Å². The first-order valence-electron chi connectivity index (χ1n) is 12.0. The second-order valence-electron chi connectivity index (χ2n) is 8.97. The number of unbranched alkanes of at least 4 members (excludes halogenated alkanes) is 2. The summed E-state index contributed by atoms with van der Waals surface area (Å²) in [4.78, 5) is 27.9. The summed E-state index contributed by atoms with van der Waals surface area (Å²) in [5.41, 5.74) is 0.458. The Balaban J connectivity index is 1.84. The standard InChI is InChI=1S/C26H35IN2O5/c1-2-3-4-5-10-24(31)29(17-18-11-12-18)21-15-19(26(33)28-13-14-30)16-23(25(21)32)34-22-9-7-6-8-20(22)27/h2,6-9,16,18,21,23,25,30,32H,1,3-5,10-15,17H2,(H,28,33)/t21-,23+,25+/m1/s1. The van der Waals surface area contributed by atoms with Crippen molar-refractivity contribution in [1.29, 1.82) is 0 Å². The lowest BCUT2D eigenvalue weighted by Gasteiger charge is -2.40. The predicted molar refractivity (Wildman–Crippen MR) is 139 cm³/mol. The van der Waals surface area contributed by atoms with Gasteiger partial charge in [-0.1, -0.05) is 18.2 Å². The SMILES string of the molecule is C=CCCCCC(=O)N(CC1CC1)[C@@H]1CC(C(=O)NCCO)=C[C@H](Oc2ccccc2I)[C@H]1O. The van der Waals surface area contributed by atoms with Gasteiger partial charge in [0, 0.05) is 31.5 Å². The van der Waals surface area contributed by atoms with Gasteiger partial charge in [0.25, 0.3) is 0 Å². The monoisotopic (exact) mass is 582 g/mol. The zero-order valence-electron chi connectivity index (χ0n) is 19.5. The number of allylic oxidation sites excluding steroid dienone is 1. The molecule has 0 aliphatic heterocycles. The van der Waals surface area contributed by atoms with Gasteiger partial charge in [0.1, 0.15) is 18.0 Å². The quantitative estimate of drug-likeness (QED) is 0.189. The first-order valence-corrected chi connectivity index (χ1v) is 13.1. The van der Waals surface area contributed by atoms with Crippen molar-refractivity contribution in [2.24, 2.45) is 5.92 Å². The van der Waals surface area contributed by atoms with E-state index in [0.717, 1.165) is 35.7 Å². The largest absolute Gasteiger partial charge is 0.482 e. The molecule has 0 bridgehead atoms. The Kier molecular flexibility index (Phi) is 10.4. The highest BCUT2D eigenvalue weighted by atomic mass is 127. The lowest BCUT2D eigenvalue weighted by atomic mass is 9.87. The lowest BCUT2D eigenvalue weighted by molar-refractivity contribution is -0.139. The number of nitrogens with one attached hydrogen (secondary N) is 1. The van der Waals surface area contributed by atoms with E-state index in [2.05, 4.69) is 34.5 Å². The van der Waals surface area contributed by atoms with Crippen LogP contribution in [0.5, 0.6) is 5.75 Å². The molecule has 8 heteroatoms. The van der Waals surface area contributed by atoms with E-state index in [-0.39, 0.29) is 31.4 Å². The summed E-state index contributed by atoms with van der Waals surface area (Å²) >= 11 is 2.17. The molecule has 34 heavy (non-hydrogen) atoms. The number of benzene rings is 1. The number of para-hydroxylation sites is 1. The number of nitrogens with zero attached hydrogens (tertiary/aromatic N) is 1. The van der Waals surface area contributed by atoms with E-state index < -0.39 is 18.2 Å². The van der Waals surface area contributed by atoms with Crippen molar-refractivity contribution in [3.05, 3.63) is 52.1 Å². The van der Waals surface area contributed by atoms with Crippen molar-refractivity contribution in [3.63, 3.8) is 0 Å². The molecule has 0 unspecified atom stereocenters. The molecule has 1 aromatic carbocycles. The molecule has 3 N–H and O–H groups in total. The summed E-state index contributed by atoms with van der Waals surface area (Å²) in [6.45, 7) is 4.30. The first kappa shape index (κ1) is 26.7. The minimum atomic E-state index is -0.971. The van der Waals surface area contributed by atoms with Crippen LogP contribution in [0.15, 0.2) is 48.6 Å². The zero-order valence-corrected chi connectivity index (χ0v) is 21.7. The topological polar surface area (TPSA) is 99.1 Å². The molecule has 1 saturated carbocycles. The summed E-state index contributed by atoms with van der Waals surface area (Å²) in [6, 6.07) is 6.94. The molecule has 0 saturated heterocycles. The Hall–Kier alpha value is -1.91.